The van der Waals surface area contributed by atoms with E-state index >= 15 is 0 Å². The molecule has 29 heavy (non-hydrogen) atoms. The number of hydrogen-bond acceptors (Lipinski definition) is 7. The molecular weight excluding hydrogens is 394 g/mol. The minimum atomic E-state index is -3.53. The Hall–Kier alpha value is -2.58. The molecule has 0 amide bonds. The Labute approximate surface area is 171 Å². The van der Waals surface area contributed by atoms with Gasteiger partial charge >= 0.3 is 10.1 Å². The molecule has 0 aliphatic carbocycles. The highest BCUT2D eigenvalue weighted by molar-refractivity contribution is 7.86. The first kappa shape index (κ1) is 22.7. The molecule has 2 aromatic rings. The summed E-state index contributed by atoms with van der Waals surface area (Å²) in [6.45, 7) is 2.80. The van der Waals surface area contributed by atoms with Crippen molar-refractivity contribution in [3.05, 3.63) is 59.7 Å². The SMILES string of the molecule is CCOC(Cc1ccc(NCCCc2cccc(OS(C)(=O)=O)c2)cc1)C(=O)[O-]. The van der Waals surface area contributed by atoms with E-state index in [1.54, 1.807) is 25.1 Å². The Morgan fingerprint density at radius 1 is 1.14 bits per heavy atom. The lowest BCUT2D eigenvalue weighted by Gasteiger charge is -2.18. The smallest absolute Gasteiger partial charge is 0.306 e. The molecule has 0 aliphatic rings. The Kier molecular flexibility index (Phi) is 8.48. The van der Waals surface area contributed by atoms with Crippen molar-refractivity contribution in [1.82, 2.24) is 0 Å². The van der Waals surface area contributed by atoms with Gasteiger partial charge in [0.25, 0.3) is 0 Å². The van der Waals surface area contributed by atoms with E-state index in [1.807, 2.05) is 30.3 Å². The summed E-state index contributed by atoms with van der Waals surface area (Å²) in [4.78, 5) is 11.1. The van der Waals surface area contributed by atoms with Gasteiger partial charge in [0.15, 0.2) is 0 Å². The summed E-state index contributed by atoms with van der Waals surface area (Å²) in [6, 6.07) is 14.6. The van der Waals surface area contributed by atoms with Crippen LogP contribution in [0.2, 0.25) is 0 Å². The molecule has 0 spiro atoms. The van der Waals surface area contributed by atoms with Crippen molar-refractivity contribution >= 4 is 21.8 Å². The summed E-state index contributed by atoms with van der Waals surface area (Å²) in [5.41, 5.74) is 2.79. The molecule has 158 valence electrons. The minimum absolute atomic E-state index is 0.266. The molecule has 0 saturated heterocycles. The average Bonchev–Trinajstić information content (AvgIpc) is 2.65. The zero-order chi connectivity index (χ0) is 21.3. The molecule has 0 heterocycles. The van der Waals surface area contributed by atoms with E-state index < -0.39 is 22.2 Å². The summed E-state index contributed by atoms with van der Waals surface area (Å²) in [7, 11) is -3.53. The number of aryl methyl sites for hydroxylation is 1. The first-order valence-corrected chi connectivity index (χ1v) is 11.2. The topological polar surface area (TPSA) is 105 Å². The molecular formula is C21H26NO6S-. The van der Waals surface area contributed by atoms with E-state index in [-0.39, 0.29) is 6.42 Å². The van der Waals surface area contributed by atoms with Crippen LogP contribution in [-0.2, 0) is 32.5 Å². The van der Waals surface area contributed by atoms with Gasteiger partial charge in [-0.25, -0.2) is 0 Å². The average molecular weight is 421 g/mol. The van der Waals surface area contributed by atoms with E-state index in [2.05, 4.69) is 5.32 Å². The molecule has 0 aromatic heterocycles. The van der Waals surface area contributed by atoms with Crippen molar-refractivity contribution in [3.63, 3.8) is 0 Å². The number of carbonyl (C=O) groups excluding carboxylic acids is 1. The fourth-order valence-electron chi connectivity index (χ4n) is 2.84. The van der Waals surface area contributed by atoms with Crippen LogP contribution in [0.25, 0.3) is 0 Å². The molecule has 0 aliphatic heterocycles. The second-order valence-corrected chi connectivity index (χ2v) is 8.20. The molecule has 8 heteroatoms. The van der Waals surface area contributed by atoms with Crippen molar-refractivity contribution in [3.8, 4) is 5.75 Å². The molecule has 7 nitrogen and oxygen atoms in total. The second kappa shape index (κ2) is 10.8. The number of ether oxygens (including phenoxy) is 1. The molecule has 0 fully saturated rings. The van der Waals surface area contributed by atoms with Crippen molar-refractivity contribution in [1.29, 1.82) is 0 Å². The number of hydrogen-bond donors (Lipinski definition) is 1. The Morgan fingerprint density at radius 2 is 1.86 bits per heavy atom. The fourth-order valence-corrected chi connectivity index (χ4v) is 3.29. The van der Waals surface area contributed by atoms with Crippen LogP contribution in [0.1, 0.15) is 24.5 Å². The van der Waals surface area contributed by atoms with Crippen LogP contribution in [0, 0.1) is 0 Å². The van der Waals surface area contributed by atoms with Crippen LogP contribution >= 0.6 is 0 Å². The summed E-state index contributed by atoms with van der Waals surface area (Å²) < 4.78 is 32.5. The highest BCUT2D eigenvalue weighted by atomic mass is 32.2. The monoisotopic (exact) mass is 420 g/mol. The third-order valence-corrected chi connectivity index (χ3v) is 4.62. The molecule has 2 aromatic carbocycles. The van der Waals surface area contributed by atoms with Gasteiger partial charge in [0, 0.05) is 25.3 Å². The lowest BCUT2D eigenvalue weighted by Crippen LogP contribution is -2.39. The Morgan fingerprint density at radius 3 is 2.48 bits per heavy atom. The number of anilines is 1. The van der Waals surface area contributed by atoms with Gasteiger partial charge in [-0.1, -0.05) is 24.3 Å². The maximum Gasteiger partial charge on any atom is 0.306 e. The van der Waals surface area contributed by atoms with E-state index in [0.29, 0.717) is 12.4 Å². The van der Waals surface area contributed by atoms with Crippen molar-refractivity contribution in [2.45, 2.75) is 32.3 Å². The predicted octanol–water partition coefficient (Wildman–Crippen LogP) is 1.77. The van der Waals surface area contributed by atoms with E-state index in [9.17, 15) is 18.3 Å². The van der Waals surface area contributed by atoms with Gasteiger partial charge in [-0.15, -0.1) is 0 Å². The first-order chi connectivity index (χ1) is 13.8. The van der Waals surface area contributed by atoms with Gasteiger partial charge in [-0.05, 0) is 55.2 Å². The van der Waals surface area contributed by atoms with Gasteiger partial charge in [-0.3, -0.25) is 0 Å². The zero-order valence-electron chi connectivity index (χ0n) is 16.6. The van der Waals surface area contributed by atoms with Crippen LogP contribution in [0.5, 0.6) is 5.75 Å². The molecule has 0 radical (unpaired) electrons. The van der Waals surface area contributed by atoms with E-state index in [4.69, 9.17) is 8.92 Å². The Balaban J connectivity index is 1.79. The number of aliphatic carboxylic acids is 1. The van der Waals surface area contributed by atoms with Gasteiger partial charge < -0.3 is 24.1 Å². The van der Waals surface area contributed by atoms with Gasteiger partial charge in [0.05, 0.1) is 12.2 Å². The second-order valence-electron chi connectivity index (χ2n) is 6.63. The Bertz CT molecular complexity index is 896. The molecule has 0 bridgehead atoms. The number of nitrogens with one attached hydrogen (secondary N) is 1. The lowest BCUT2D eigenvalue weighted by molar-refractivity contribution is -0.316. The van der Waals surface area contributed by atoms with Gasteiger partial charge in [0.2, 0.25) is 0 Å². The number of carboxylic acid groups (broad SMARTS) is 1. The highest BCUT2D eigenvalue weighted by Gasteiger charge is 2.10. The predicted molar refractivity (Wildman–Crippen MR) is 109 cm³/mol. The lowest BCUT2D eigenvalue weighted by atomic mass is 10.1. The van der Waals surface area contributed by atoms with E-state index in [1.165, 1.54) is 0 Å². The number of benzene rings is 2. The van der Waals surface area contributed by atoms with Gasteiger partial charge in [-0.2, -0.15) is 8.42 Å². The highest BCUT2D eigenvalue weighted by Crippen LogP contribution is 2.17. The molecule has 1 unspecified atom stereocenters. The summed E-state index contributed by atoms with van der Waals surface area (Å²) in [5.74, 6) is -0.893. The standard InChI is InChI=1S/C21H27NO6S/c1-3-27-20(21(23)24)15-17-9-11-18(12-10-17)22-13-5-7-16-6-4-8-19(14-16)28-29(2,25)26/h4,6,8-12,14,20,22H,3,5,7,13,15H2,1-2H3,(H,23,24)/p-1. The maximum absolute atomic E-state index is 11.2. The maximum atomic E-state index is 11.2. The van der Waals surface area contributed by atoms with E-state index in [0.717, 1.165) is 42.5 Å². The van der Waals surface area contributed by atoms with Crippen LogP contribution in [-0.4, -0.2) is 39.9 Å². The summed E-state index contributed by atoms with van der Waals surface area (Å²) >= 11 is 0. The molecule has 1 atom stereocenters. The van der Waals surface area contributed by atoms with Crippen LogP contribution in [0.3, 0.4) is 0 Å². The minimum Gasteiger partial charge on any atom is -0.547 e. The zero-order valence-corrected chi connectivity index (χ0v) is 17.4. The third-order valence-electron chi connectivity index (χ3n) is 4.12. The first-order valence-electron chi connectivity index (χ1n) is 9.40. The molecule has 2 rings (SSSR count). The van der Waals surface area contributed by atoms with Crippen LogP contribution < -0.4 is 14.6 Å². The van der Waals surface area contributed by atoms with Crippen LogP contribution in [0.15, 0.2) is 48.5 Å². The molecule has 0 saturated carbocycles. The molecule has 1 N–H and O–H groups in total. The van der Waals surface area contributed by atoms with Crippen molar-refractivity contribution < 1.29 is 27.2 Å². The number of carbonyl (C=O) groups is 1. The van der Waals surface area contributed by atoms with Crippen molar-refractivity contribution in [2.75, 3.05) is 24.7 Å². The summed E-state index contributed by atoms with van der Waals surface area (Å²) in [5, 5.41) is 14.4. The third kappa shape index (κ3) is 8.53. The number of rotatable bonds is 12. The summed E-state index contributed by atoms with van der Waals surface area (Å²) in [6.07, 6.45) is 1.96. The largest absolute Gasteiger partial charge is 0.547 e. The fraction of sp³-hybridized carbons (Fsp3) is 0.381. The van der Waals surface area contributed by atoms with Crippen LogP contribution in [0.4, 0.5) is 5.69 Å². The van der Waals surface area contributed by atoms with Crippen molar-refractivity contribution in [2.24, 2.45) is 0 Å². The van der Waals surface area contributed by atoms with Gasteiger partial charge in [0.1, 0.15) is 11.9 Å². The number of carboxylic acids is 1. The normalized spacial score (nSPS) is 12.3. The quantitative estimate of drug-likeness (QED) is 0.412.